The fourth-order valence-corrected chi connectivity index (χ4v) is 6.09. The number of hydrogen-bond donors (Lipinski definition) is 0. The molecular formula is C30H51NO8. The zero-order valence-corrected chi connectivity index (χ0v) is 25.6. The quantitative estimate of drug-likeness (QED) is 0.366. The van der Waals surface area contributed by atoms with Crippen LogP contribution in [0.1, 0.15) is 87.5 Å². The average molecular weight is 554 g/mol. The lowest BCUT2D eigenvalue weighted by Gasteiger charge is -2.41. The molecule has 0 amide bonds. The summed E-state index contributed by atoms with van der Waals surface area (Å²) in [6.07, 6.45) is 0.118. The Labute approximate surface area is 234 Å². The number of rotatable bonds is 5. The van der Waals surface area contributed by atoms with Gasteiger partial charge in [-0.2, -0.15) is 0 Å². The van der Waals surface area contributed by atoms with Crippen molar-refractivity contribution in [2.75, 3.05) is 14.1 Å². The van der Waals surface area contributed by atoms with Gasteiger partial charge in [0.05, 0.1) is 12.2 Å². The number of hydrogen-bond acceptors (Lipinski definition) is 9. The number of carbonyl (C=O) groups excluding carboxylic acids is 4. The van der Waals surface area contributed by atoms with E-state index < -0.39 is 54.3 Å². The van der Waals surface area contributed by atoms with Crippen molar-refractivity contribution in [3.8, 4) is 0 Å². The SMILES string of the molecule is CC[C@H]1OC(=O)[C@H](C)C(=O)[C@H](C)[C@@H](O[C@H]2C[C@@H](N(C)C)C[C@@H](C)O2)[C@@H](C)C[C@@H](C)C(=O)[C@H](C)C[C@@H]1OC(C)=O. The van der Waals surface area contributed by atoms with Gasteiger partial charge >= 0.3 is 11.9 Å². The molecule has 11 atom stereocenters. The van der Waals surface area contributed by atoms with Crippen LogP contribution in [0.15, 0.2) is 0 Å². The molecular weight excluding hydrogens is 502 g/mol. The van der Waals surface area contributed by atoms with E-state index in [1.165, 1.54) is 6.92 Å². The van der Waals surface area contributed by atoms with E-state index in [9.17, 15) is 19.2 Å². The van der Waals surface area contributed by atoms with E-state index in [0.717, 1.165) is 6.42 Å². The Balaban J connectivity index is 2.40. The van der Waals surface area contributed by atoms with Gasteiger partial charge in [0.2, 0.25) is 0 Å². The fourth-order valence-electron chi connectivity index (χ4n) is 6.09. The molecule has 2 saturated heterocycles. The maximum Gasteiger partial charge on any atom is 0.316 e. The van der Waals surface area contributed by atoms with E-state index in [1.54, 1.807) is 13.8 Å². The Bertz CT molecular complexity index is 860. The monoisotopic (exact) mass is 553 g/mol. The van der Waals surface area contributed by atoms with Gasteiger partial charge in [-0.05, 0) is 59.5 Å². The second-order valence-corrected chi connectivity index (χ2v) is 12.2. The lowest BCUT2D eigenvalue weighted by molar-refractivity contribution is -0.236. The second-order valence-electron chi connectivity index (χ2n) is 12.2. The van der Waals surface area contributed by atoms with Gasteiger partial charge in [0.25, 0.3) is 0 Å². The lowest BCUT2D eigenvalue weighted by atomic mass is 9.79. The first-order valence-electron chi connectivity index (χ1n) is 14.6. The molecule has 2 rings (SSSR count). The molecule has 0 radical (unpaired) electrons. The number of cyclic esters (lactones) is 1. The molecule has 9 nitrogen and oxygen atoms in total. The second kappa shape index (κ2) is 14.7. The highest BCUT2D eigenvalue weighted by Crippen LogP contribution is 2.33. The first kappa shape index (κ1) is 33.4. The lowest BCUT2D eigenvalue weighted by Crippen LogP contribution is -2.47. The molecule has 0 bridgehead atoms. The Kier molecular flexibility index (Phi) is 12.6. The van der Waals surface area contributed by atoms with Crippen LogP contribution in [0.5, 0.6) is 0 Å². The minimum Gasteiger partial charge on any atom is -0.459 e. The van der Waals surface area contributed by atoms with Crippen molar-refractivity contribution in [3.05, 3.63) is 0 Å². The summed E-state index contributed by atoms with van der Waals surface area (Å²) >= 11 is 0. The summed E-state index contributed by atoms with van der Waals surface area (Å²) in [5.41, 5.74) is 0. The van der Waals surface area contributed by atoms with Crippen LogP contribution in [-0.4, -0.2) is 79.2 Å². The van der Waals surface area contributed by atoms with Crippen molar-refractivity contribution in [2.24, 2.45) is 29.6 Å². The Morgan fingerprint density at radius 1 is 0.923 bits per heavy atom. The van der Waals surface area contributed by atoms with Crippen molar-refractivity contribution >= 4 is 23.5 Å². The van der Waals surface area contributed by atoms with Crippen LogP contribution >= 0.6 is 0 Å². The molecule has 39 heavy (non-hydrogen) atoms. The molecule has 224 valence electrons. The van der Waals surface area contributed by atoms with Gasteiger partial charge in [-0.1, -0.05) is 34.6 Å². The molecule has 2 aliphatic heterocycles. The number of Topliss-reactive ketones (excluding diaryl/α,β-unsaturated/α-hetero) is 2. The summed E-state index contributed by atoms with van der Waals surface area (Å²) in [7, 11) is 4.07. The fraction of sp³-hybridized carbons (Fsp3) is 0.867. The number of nitrogens with zero attached hydrogens (tertiary/aromatic N) is 1. The number of carbonyl (C=O) groups is 4. The summed E-state index contributed by atoms with van der Waals surface area (Å²) < 4.78 is 23.9. The summed E-state index contributed by atoms with van der Waals surface area (Å²) in [6, 6.07) is 0.282. The summed E-state index contributed by atoms with van der Waals surface area (Å²) in [5.74, 6) is -3.94. The highest BCUT2D eigenvalue weighted by Gasteiger charge is 2.41. The topological polar surface area (TPSA) is 108 Å². The predicted octanol–water partition coefficient (Wildman–Crippen LogP) is 4.19. The summed E-state index contributed by atoms with van der Waals surface area (Å²) in [6.45, 7) is 14.2. The van der Waals surface area contributed by atoms with E-state index in [1.807, 2.05) is 48.7 Å². The maximum absolute atomic E-state index is 13.6. The van der Waals surface area contributed by atoms with E-state index >= 15 is 0 Å². The van der Waals surface area contributed by atoms with E-state index in [0.29, 0.717) is 19.3 Å². The van der Waals surface area contributed by atoms with Crippen molar-refractivity contribution in [2.45, 2.75) is 124 Å². The first-order valence-corrected chi connectivity index (χ1v) is 14.6. The third-order valence-corrected chi connectivity index (χ3v) is 8.46. The predicted molar refractivity (Wildman–Crippen MR) is 147 cm³/mol. The van der Waals surface area contributed by atoms with Crippen molar-refractivity contribution in [3.63, 3.8) is 0 Å². The van der Waals surface area contributed by atoms with Crippen LogP contribution in [0.3, 0.4) is 0 Å². The van der Waals surface area contributed by atoms with Crippen molar-refractivity contribution in [1.82, 2.24) is 4.90 Å². The maximum atomic E-state index is 13.6. The van der Waals surface area contributed by atoms with Crippen LogP contribution in [0, 0.1) is 29.6 Å². The van der Waals surface area contributed by atoms with Gasteiger partial charge in [0.1, 0.15) is 23.9 Å². The average Bonchev–Trinajstić information content (AvgIpc) is 2.86. The van der Waals surface area contributed by atoms with Crippen LogP contribution in [0.2, 0.25) is 0 Å². The standard InChI is InChI=1S/C30H51NO8/c1-11-24-25(37-22(8)32)13-17(3)27(33)16(2)12-18(4)29(20(6)28(34)21(7)30(35)38-24)39-26-15-23(31(9)10)14-19(5)36-26/h16-21,23-26,29H,11-15H2,1-10H3/t16-,17-,18+,19-,20+,21-,23+,24-,25+,26+,29+/m1/s1. The number of ketones is 2. The molecule has 2 heterocycles. The third-order valence-electron chi connectivity index (χ3n) is 8.46. The molecule has 0 spiro atoms. The summed E-state index contributed by atoms with van der Waals surface area (Å²) in [5, 5.41) is 0. The molecule has 0 aliphatic carbocycles. The van der Waals surface area contributed by atoms with Gasteiger partial charge in [-0.25, -0.2) is 0 Å². The Morgan fingerprint density at radius 2 is 1.54 bits per heavy atom. The molecule has 9 heteroatoms. The van der Waals surface area contributed by atoms with Crippen molar-refractivity contribution in [1.29, 1.82) is 0 Å². The third kappa shape index (κ3) is 9.08. The minimum atomic E-state index is -1.02. The number of esters is 2. The molecule has 0 N–H and O–H groups in total. The molecule has 2 aliphatic rings. The Hall–Kier alpha value is -1.84. The smallest absolute Gasteiger partial charge is 0.316 e. The molecule has 0 saturated carbocycles. The van der Waals surface area contributed by atoms with Crippen LogP contribution in [-0.2, 0) is 38.1 Å². The Morgan fingerprint density at radius 3 is 2.10 bits per heavy atom. The normalized spacial score (nSPS) is 39.7. The molecule has 2 fully saturated rings. The first-order chi connectivity index (χ1) is 18.2. The van der Waals surface area contributed by atoms with Gasteiger partial charge in [0, 0.05) is 37.1 Å². The summed E-state index contributed by atoms with van der Waals surface area (Å²) in [4.78, 5) is 54.2. The van der Waals surface area contributed by atoms with Crippen LogP contribution in [0.4, 0.5) is 0 Å². The number of ether oxygens (including phenoxy) is 4. The zero-order chi connectivity index (χ0) is 29.6. The molecule has 0 aromatic carbocycles. The minimum absolute atomic E-state index is 0.00219. The van der Waals surface area contributed by atoms with E-state index in [2.05, 4.69) is 4.90 Å². The molecule has 0 aromatic rings. The van der Waals surface area contributed by atoms with E-state index in [-0.39, 0.29) is 42.0 Å². The van der Waals surface area contributed by atoms with Gasteiger partial charge in [-0.15, -0.1) is 0 Å². The highest BCUT2D eigenvalue weighted by atomic mass is 16.7. The zero-order valence-electron chi connectivity index (χ0n) is 25.6. The van der Waals surface area contributed by atoms with E-state index in [4.69, 9.17) is 18.9 Å². The van der Waals surface area contributed by atoms with Crippen LogP contribution < -0.4 is 0 Å². The van der Waals surface area contributed by atoms with Gasteiger partial charge in [-0.3, -0.25) is 19.2 Å². The molecule has 0 unspecified atom stereocenters. The molecule has 0 aromatic heterocycles. The van der Waals surface area contributed by atoms with Gasteiger partial charge in [0.15, 0.2) is 12.1 Å². The largest absolute Gasteiger partial charge is 0.459 e. The van der Waals surface area contributed by atoms with Crippen molar-refractivity contribution < 1.29 is 38.1 Å². The van der Waals surface area contributed by atoms with Crippen LogP contribution in [0.25, 0.3) is 0 Å². The highest BCUT2D eigenvalue weighted by molar-refractivity contribution is 6.00. The van der Waals surface area contributed by atoms with Gasteiger partial charge < -0.3 is 23.8 Å².